The summed E-state index contributed by atoms with van der Waals surface area (Å²) in [6, 6.07) is 5.95. The Hall–Kier alpha value is -2.51. The lowest BCUT2D eigenvalue weighted by Crippen LogP contribution is -2.39. The van der Waals surface area contributed by atoms with E-state index in [4.69, 9.17) is 4.74 Å². The zero-order valence-electron chi connectivity index (χ0n) is 15.3. The Kier molecular flexibility index (Phi) is 6.14. The predicted molar refractivity (Wildman–Crippen MR) is 102 cm³/mol. The molecule has 1 saturated heterocycles. The quantitative estimate of drug-likeness (QED) is 0.826. The maximum Gasteiger partial charge on any atom is 0.275 e. The number of aryl methyl sites for hydroxylation is 2. The van der Waals surface area contributed by atoms with Crippen molar-refractivity contribution in [2.45, 2.75) is 13.8 Å². The number of nitrogens with one attached hydrogen (secondary N) is 2. The molecule has 1 fully saturated rings. The maximum atomic E-state index is 12.4. The van der Waals surface area contributed by atoms with Gasteiger partial charge < -0.3 is 15.4 Å². The first kappa shape index (κ1) is 18.3. The van der Waals surface area contributed by atoms with E-state index in [1.807, 2.05) is 32.0 Å². The van der Waals surface area contributed by atoms with Gasteiger partial charge in [-0.2, -0.15) is 0 Å². The molecule has 1 aromatic heterocycles. The zero-order chi connectivity index (χ0) is 18.4. The number of amides is 1. The summed E-state index contributed by atoms with van der Waals surface area (Å²) in [6.45, 7) is 9.18. The highest BCUT2D eigenvalue weighted by atomic mass is 16.5. The van der Waals surface area contributed by atoms with Crippen LogP contribution in [0.4, 0.5) is 11.5 Å². The highest BCUT2D eigenvalue weighted by Gasteiger charge is 2.11. The summed E-state index contributed by atoms with van der Waals surface area (Å²) in [6.07, 6.45) is 3.09. The summed E-state index contributed by atoms with van der Waals surface area (Å²) in [5.74, 6) is 0.410. The van der Waals surface area contributed by atoms with Crippen LogP contribution in [-0.4, -0.2) is 60.2 Å². The molecule has 1 aromatic carbocycles. The van der Waals surface area contributed by atoms with Crippen LogP contribution in [0.3, 0.4) is 0 Å². The van der Waals surface area contributed by atoms with Crippen molar-refractivity contribution in [1.29, 1.82) is 0 Å². The zero-order valence-corrected chi connectivity index (χ0v) is 15.3. The molecule has 0 atom stereocenters. The Morgan fingerprint density at radius 3 is 2.73 bits per heavy atom. The smallest absolute Gasteiger partial charge is 0.275 e. The Bertz CT molecular complexity index is 742. The number of benzene rings is 1. The number of rotatable bonds is 6. The lowest BCUT2D eigenvalue weighted by Gasteiger charge is -2.26. The van der Waals surface area contributed by atoms with E-state index in [0.717, 1.165) is 56.2 Å². The largest absolute Gasteiger partial charge is 0.379 e. The van der Waals surface area contributed by atoms with Gasteiger partial charge in [0.15, 0.2) is 0 Å². The summed E-state index contributed by atoms with van der Waals surface area (Å²) >= 11 is 0. The number of hydrogen-bond acceptors (Lipinski definition) is 6. The highest BCUT2D eigenvalue weighted by molar-refractivity contribution is 6.03. The van der Waals surface area contributed by atoms with Crippen LogP contribution < -0.4 is 10.6 Å². The van der Waals surface area contributed by atoms with Crippen LogP contribution in [0.15, 0.2) is 30.6 Å². The molecule has 0 bridgehead atoms. The molecule has 0 saturated carbocycles. The van der Waals surface area contributed by atoms with E-state index in [0.29, 0.717) is 11.5 Å². The first-order chi connectivity index (χ1) is 12.6. The Morgan fingerprint density at radius 1 is 1.19 bits per heavy atom. The first-order valence-corrected chi connectivity index (χ1v) is 8.86. The minimum Gasteiger partial charge on any atom is -0.379 e. The van der Waals surface area contributed by atoms with Crippen molar-refractivity contribution < 1.29 is 9.53 Å². The van der Waals surface area contributed by atoms with Crippen LogP contribution in [0, 0.1) is 13.8 Å². The van der Waals surface area contributed by atoms with E-state index >= 15 is 0 Å². The van der Waals surface area contributed by atoms with E-state index in [1.165, 1.54) is 6.20 Å². The number of carbonyl (C=O) groups is 1. The van der Waals surface area contributed by atoms with Crippen LogP contribution in [-0.2, 0) is 4.74 Å². The second kappa shape index (κ2) is 8.73. The Labute approximate surface area is 153 Å². The summed E-state index contributed by atoms with van der Waals surface area (Å²) in [4.78, 5) is 23.2. The van der Waals surface area contributed by atoms with E-state index in [-0.39, 0.29) is 5.91 Å². The lowest BCUT2D eigenvalue weighted by molar-refractivity contribution is 0.0398. The standard InChI is InChI=1S/C19H25N5O2/c1-14-3-4-15(2)16(11-14)23-19(25)17-12-22-18(13-21-17)20-5-6-24-7-9-26-10-8-24/h3-4,11-13H,5-10H2,1-2H3,(H,20,22)(H,23,25). The lowest BCUT2D eigenvalue weighted by atomic mass is 10.1. The number of aromatic nitrogens is 2. The third kappa shape index (κ3) is 5.00. The van der Waals surface area contributed by atoms with E-state index in [2.05, 4.69) is 25.5 Å². The minimum atomic E-state index is -0.258. The average molecular weight is 355 g/mol. The third-order valence-corrected chi connectivity index (χ3v) is 4.36. The fourth-order valence-electron chi connectivity index (χ4n) is 2.76. The van der Waals surface area contributed by atoms with Crippen molar-refractivity contribution >= 4 is 17.4 Å². The number of morpholine rings is 1. The van der Waals surface area contributed by atoms with E-state index < -0.39 is 0 Å². The monoisotopic (exact) mass is 355 g/mol. The van der Waals surface area contributed by atoms with Gasteiger partial charge in [0.25, 0.3) is 5.91 Å². The molecule has 7 nitrogen and oxygen atoms in total. The minimum absolute atomic E-state index is 0.258. The molecule has 2 heterocycles. The van der Waals surface area contributed by atoms with Crippen LogP contribution in [0.2, 0.25) is 0 Å². The second-order valence-corrected chi connectivity index (χ2v) is 6.44. The van der Waals surface area contributed by atoms with Gasteiger partial charge >= 0.3 is 0 Å². The number of ether oxygens (including phenoxy) is 1. The van der Waals surface area contributed by atoms with Crippen molar-refractivity contribution in [3.05, 3.63) is 47.4 Å². The predicted octanol–water partition coefficient (Wildman–Crippen LogP) is 2.09. The molecule has 138 valence electrons. The molecule has 0 radical (unpaired) electrons. The van der Waals surface area contributed by atoms with E-state index in [1.54, 1.807) is 6.20 Å². The fourth-order valence-corrected chi connectivity index (χ4v) is 2.76. The van der Waals surface area contributed by atoms with Crippen LogP contribution in [0.5, 0.6) is 0 Å². The molecule has 0 spiro atoms. The highest BCUT2D eigenvalue weighted by Crippen LogP contribution is 2.17. The number of carbonyl (C=O) groups excluding carboxylic acids is 1. The first-order valence-electron chi connectivity index (χ1n) is 8.86. The molecule has 0 unspecified atom stereocenters. The van der Waals surface area contributed by atoms with Crippen molar-refractivity contribution in [3.63, 3.8) is 0 Å². The van der Waals surface area contributed by atoms with Gasteiger partial charge in [-0.3, -0.25) is 9.69 Å². The van der Waals surface area contributed by atoms with Crippen molar-refractivity contribution in [1.82, 2.24) is 14.9 Å². The molecule has 1 amide bonds. The summed E-state index contributed by atoms with van der Waals surface area (Å²) in [5.41, 5.74) is 3.20. The Morgan fingerprint density at radius 2 is 2.00 bits per heavy atom. The molecule has 0 aliphatic carbocycles. The van der Waals surface area contributed by atoms with Crippen molar-refractivity contribution in [2.24, 2.45) is 0 Å². The van der Waals surface area contributed by atoms with Gasteiger partial charge in [-0.1, -0.05) is 12.1 Å². The SMILES string of the molecule is Cc1ccc(C)c(NC(=O)c2cnc(NCCN3CCOCC3)cn2)c1. The summed E-state index contributed by atoms with van der Waals surface area (Å²) in [5, 5.41) is 6.13. The third-order valence-electron chi connectivity index (χ3n) is 4.36. The second-order valence-electron chi connectivity index (χ2n) is 6.44. The van der Waals surface area contributed by atoms with Crippen molar-refractivity contribution in [2.75, 3.05) is 50.0 Å². The molecule has 3 rings (SSSR count). The van der Waals surface area contributed by atoms with Gasteiger partial charge in [0.2, 0.25) is 0 Å². The van der Waals surface area contributed by atoms with Gasteiger partial charge in [-0.25, -0.2) is 9.97 Å². The van der Waals surface area contributed by atoms with Crippen LogP contribution >= 0.6 is 0 Å². The molecular formula is C19H25N5O2. The van der Waals surface area contributed by atoms with Gasteiger partial charge in [-0.05, 0) is 31.0 Å². The molecular weight excluding hydrogens is 330 g/mol. The normalized spacial score (nSPS) is 14.8. The average Bonchev–Trinajstić information content (AvgIpc) is 2.66. The summed E-state index contributed by atoms with van der Waals surface area (Å²) < 4.78 is 5.33. The summed E-state index contributed by atoms with van der Waals surface area (Å²) in [7, 11) is 0. The Balaban J connectivity index is 1.51. The number of nitrogens with zero attached hydrogens (tertiary/aromatic N) is 3. The topological polar surface area (TPSA) is 79.4 Å². The number of anilines is 2. The number of hydrogen-bond donors (Lipinski definition) is 2. The van der Waals surface area contributed by atoms with E-state index in [9.17, 15) is 4.79 Å². The molecule has 26 heavy (non-hydrogen) atoms. The van der Waals surface area contributed by atoms with Gasteiger partial charge in [0.1, 0.15) is 11.5 Å². The van der Waals surface area contributed by atoms with Gasteiger partial charge in [0.05, 0.1) is 25.6 Å². The van der Waals surface area contributed by atoms with Gasteiger partial charge in [0, 0.05) is 31.9 Å². The van der Waals surface area contributed by atoms with Crippen LogP contribution in [0.25, 0.3) is 0 Å². The van der Waals surface area contributed by atoms with Crippen molar-refractivity contribution in [3.8, 4) is 0 Å². The fraction of sp³-hybridized carbons (Fsp3) is 0.421. The molecule has 7 heteroatoms. The molecule has 2 aromatic rings. The molecule has 1 aliphatic rings. The molecule has 1 aliphatic heterocycles. The maximum absolute atomic E-state index is 12.4. The molecule has 2 N–H and O–H groups in total. The van der Waals surface area contributed by atoms with Gasteiger partial charge in [-0.15, -0.1) is 0 Å². The van der Waals surface area contributed by atoms with Crippen LogP contribution in [0.1, 0.15) is 21.6 Å².